The topological polar surface area (TPSA) is 41.1 Å². The molecule has 0 bridgehead atoms. The Labute approximate surface area is 122 Å². The monoisotopic (exact) mass is 295 g/mol. The molecule has 2 heterocycles. The number of aromatic nitrogens is 2. The molecule has 0 radical (unpaired) electrons. The highest BCUT2D eigenvalue weighted by Crippen LogP contribution is 2.20. The Bertz CT molecular complexity index is 628. The Hall–Kier alpha value is -1.53. The van der Waals surface area contributed by atoms with Crippen molar-refractivity contribution in [1.29, 1.82) is 0 Å². The van der Waals surface area contributed by atoms with E-state index < -0.39 is 12.3 Å². The Balaban J connectivity index is 1.64. The molecule has 1 aliphatic rings. The molecule has 0 unspecified atom stereocenters. The first-order valence-electron chi connectivity index (χ1n) is 7.17. The normalized spacial score (nSPS) is 23.5. The van der Waals surface area contributed by atoms with Gasteiger partial charge in [-0.3, -0.25) is 4.90 Å². The highest BCUT2D eigenvalue weighted by Gasteiger charge is 2.34. The van der Waals surface area contributed by atoms with Gasteiger partial charge in [0.05, 0.1) is 11.0 Å². The number of H-pyrrole nitrogens is 1. The third kappa shape index (κ3) is 3.06. The predicted octanol–water partition coefficient (Wildman–Crippen LogP) is 2.65. The molecule has 1 saturated heterocycles. The number of nitrogens with one attached hydrogen (secondary N) is 1. The average molecular weight is 295 g/mol. The van der Waals surface area contributed by atoms with Gasteiger partial charge in [0.2, 0.25) is 0 Å². The molecular formula is C15H19F2N3O. The highest BCUT2D eigenvalue weighted by molar-refractivity contribution is 5.74. The lowest BCUT2D eigenvalue weighted by molar-refractivity contribution is 0.00814. The van der Waals surface area contributed by atoms with E-state index in [2.05, 4.69) is 14.9 Å². The van der Waals surface area contributed by atoms with Crippen LogP contribution in [0, 0.1) is 5.82 Å². The van der Waals surface area contributed by atoms with Crippen LogP contribution in [0.2, 0.25) is 0 Å². The van der Waals surface area contributed by atoms with E-state index in [1.807, 2.05) is 13.8 Å². The van der Waals surface area contributed by atoms with Crippen LogP contribution in [0.25, 0.3) is 11.0 Å². The maximum absolute atomic E-state index is 13.9. The summed E-state index contributed by atoms with van der Waals surface area (Å²) in [5, 5.41) is 0. The number of hydrogen-bond acceptors (Lipinski definition) is 3. The smallest absolute Gasteiger partial charge is 0.140 e. The summed E-state index contributed by atoms with van der Waals surface area (Å²) >= 11 is 0. The predicted molar refractivity (Wildman–Crippen MR) is 76.2 cm³/mol. The van der Waals surface area contributed by atoms with Crippen LogP contribution in [0.15, 0.2) is 18.2 Å². The molecular weight excluding hydrogens is 276 g/mol. The van der Waals surface area contributed by atoms with Crippen molar-refractivity contribution in [3.8, 4) is 0 Å². The standard InChI is InChI=1S/C15H19F2N3O/c1-9(2)20-6-11(17)14(7-20)21-8-15-18-12-4-3-10(16)5-13(12)19-15/h3-5,9,11,14H,6-8H2,1-2H3,(H,18,19)/t11-,14+/m1/s1. The summed E-state index contributed by atoms with van der Waals surface area (Å²) in [4.78, 5) is 9.37. The maximum atomic E-state index is 13.9. The van der Waals surface area contributed by atoms with Gasteiger partial charge in [0.1, 0.15) is 30.5 Å². The van der Waals surface area contributed by atoms with Crippen molar-refractivity contribution >= 4 is 11.0 Å². The minimum atomic E-state index is -0.978. The quantitative estimate of drug-likeness (QED) is 0.943. The fourth-order valence-corrected chi connectivity index (χ4v) is 2.63. The second kappa shape index (κ2) is 5.69. The molecule has 1 aromatic carbocycles. The third-order valence-corrected chi connectivity index (χ3v) is 3.88. The van der Waals surface area contributed by atoms with Crippen molar-refractivity contribution in [2.24, 2.45) is 0 Å². The van der Waals surface area contributed by atoms with Crippen molar-refractivity contribution < 1.29 is 13.5 Å². The molecule has 0 saturated carbocycles. The number of likely N-dealkylation sites (tertiary alicyclic amines) is 1. The van der Waals surface area contributed by atoms with Crippen molar-refractivity contribution in [2.45, 2.75) is 38.8 Å². The summed E-state index contributed by atoms with van der Waals surface area (Å²) in [7, 11) is 0. The van der Waals surface area contributed by atoms with E-state index in [0.29, 0.717) is 36.0 Å². The molecule has 2 aromatic rings. The molecule has 0 spiro atoms. The molecule has 0 aliphatic carbocycles. The summed E-state index contributed by atoms with van der Waals surface area (Å²) in [5.74, 6) is 0.275. The SMILES string of the molecule is CC(C)N1C[C@@H](F)[C@@H](OCc2nc3ccc(F)cc3[nH]2)C1. The lowest BCUT2D eigenvalue weighted by atomic mass is 10.3. The molecule has 1 aliphatic heterocycles. The number of imidazole rings is 1. The number of alkyl halides is 1. The molecule has 1 aromatic heterocycles. The fourth-order valence-electron chi connectivity index (χ4n) is 2.63. The van der Waals surface area contributed by atoms with Crippen LogP contribution >= 0.6 is 0 Å². The molecule has 4 nitrogen and oxygen atoms in total. The summed E-state index contributed by atoms with van der Waals surface area (Å²) < 4.78 is 32.7. The van der Waals surface area contributed by atoms with Crippen molar-refractivity contribution in [3.05, 3.63) is 29.8 Å². The van der Waals surface area contributed by atoms with Gasteiger partial charge in [0.25, 0.3) is 0 Å². The molecule has 3 rings (SSSR count). The molecule has 6 heteroatoms. The van der Waals surface area contributed by atoms with E-state index in [0.717, 1.165) is 0 Å². The van der Waals surface area contributed by atoms with E-state index in [1.54, 1.807) is 6.07 Å². The lowest BCUT2D eigenvalue weighted by Gasteiger charge is -2.19. The molecule has 2 atom stereocenters. The first kappa shape index (κ1) is 14.4. The zero-order valence-electron chi connectivity index (χ0n) is 12.1. The van der Waals surface area contributed by atoms with E-state index in [1.165, 1.54) is 12.1 Å². The number of halogens is 2. The van der Waals surface area contributed by atoms with Gasteiger partial charge in [-0.2, -0.15) is 0 Å². The molecule has 1 fully saturated rings. The van der Waals surface area contributed by atoms with E-state index in [4.69, 9.17) is 4.74 Å². The summed E-state index contributed by atoms with van der Waals surface area (Å²) in [5.41, 5.74) is 1.31. The summed E-state index contributed by atoms with van der Waals surface area (Å²) in [6.45, 7) is 5.29. The molecule has 1 N–H and O–H groups in total. The van der Waals surface area contributed by atoms with E-state index in [9.17, 15) is 8.78 Å². The summed E-state index contributed by atoms with van der Waals surface area (Å²) in [6, 6.07) is 4.67. The summed E-state index contributed by atoms with van der Waals surface area (Å²) in [6.07, 6.45) is -1.41. The van der Waals surface area contributed by atoms with Gasteiger partial charge in [0.15, 0.2) is 0 Å². The van der Waals surface area contributed by atoms with Crippen LogP contribution < -0.4 is 0 Å². The number of benzene rings is 1. The maximum Gasteiger partial charge on any atom is 0.140 e. The number of hydrogen-bond donors (Lipinski definition) is 1. The minimum Gasteiger partial charge on any atom is -0.366 e. The molecule has 114 valence electrons. The lowest BCUT2D eigenvalue weighted by Crippen LogP contribution is -2.29. The number of rotatable bonds is 4. The Morgan fingerprint density at radius 2 is 2.24 bits per heavy atom. The molecule has 0 amide bonds. The Kier molecular flexibility index (Phi) is 3.91. The van der Waals surface area contributed by atoms with E-state index >= 15 is 0 Å². The first-order valence-corrected chi connectivity index (χ1v) is 7.17. The highest BCUT2D eigenvalue weighted by atomic mass is 19.1. The van der Waals surface area contributed by atoms with Gasteiger partial charge in [-0.15, -0.1) is 0 Å². The van der Waals surface area contributed by atoms with Gasteiger partial charge in [-0.1, -0.05) is 0 Å². The zero-order valence-corrected chi connectivity index (χ0v) is 12.1. The van der Waals surface area contributed by atoms with Gasteiger partial charge < -0.3 is 9.72 Å². The van der Waals surface area contributed by atoms with Crippen molar-refractivity contribution in [1.82, 2.24) is 14.9 Å². The Morgan fingerprint density at radius 1 is 1.43 bits per heavy atom. The van der Waals surface area contributed by atoms with Gasteiger partial charge in [-0.05, 0) is 32.0 Å². The van der Waals surface area contributed by atoms with Crippen LogP contribution in [0.3, 0.4) is 0 Å². The van der Waals surface area contributed by atoms with Crippen molar-refractivity contribution in [3.63, 3.8) is 0 Å². The number of nitrogens with zero attached hydrogens (tertiary/aromatic N) is 2. The van der Waals surface area contributed by atoms with Crippen LogP contribution in [0.1, 0.15) is 19.7 Å². The van der Waals surface area contributed by atoms with Crippen LogP contribution in [0.4, 0.5) is 8.78 Å². The second-order valence-corrected chi connectivity index (χ2v) is 5.76. The van der Waals surface area contributed by atoms with Crippen LogP contribution in [-0.4, -0.2) is 46.3 Å². The van der Waals surface area contributed by atoms with Crippen LogP contribution in [0.5, 0.6) is 0 Å². The third-order valence-electron chi connectivity index (χ3n) is 3.88. The molecule has 21 heavy (non-hydrogen) atoms. The van der Waals surface area contributed by atoms with E-state index in [-0.39, 0.29) is 12.4 Å². The number of ether oxygens (including phenoxy) is 1. The van der Waals surface area contributed by atoms with Crippen LogP contribution in [-0.2, 0) is 11.3 Å². The number of aromatic amines is 1. The average Bonchev–Trinajstić information content (AvgIpc) is 2.99. The van der Waals surface area contributed by atoms with Gasteiger partial charge >= 0.3 is 0 Å². The first-order chi connectivity index (χ1) is 10.0. The fraction of sp³-hybridized carbons (Fsp3) is 0.533. The zero-order chi connectivity index (χ0) is 15.0. The minimum absolute atomic E-state index is 0.202. The largest absolute Gasteiger partial charge is 0.366 e. The van der Waals surface area contributed by atoms with Crippen molar-refractivity contribution in [2.75, 3.05) is 13.1 Å². The van der Waals surface area contributed by atoms with Gasteiger partial charge in [0, 0.05) is 19.1 Å². The Morgan fingerprint density at radius 3 is 2.95 bits per heavy atom. The number of fused-ring (bicyclic) bond motifs is 1. The van der Waals surface area contributed by atoms with Gasteiger partial charge in [-0.25, -0.2) is 13.8 Å². The second-order valence-electron chi connectivity index (χ2n) is 5.76.